The minimum Gasteiger partial charge on any atom is -0.401 e. The highest BCUT2D eigenvalue weighted by molar-refractivity contribution is 7.81. The van der Waals surface area contributed by atoms with Crippen LogP contribution in [0.2, 0.25) is 0 Å². The predicted molar refractivity (Wildman–Crippen MR) is 210 cm³/mol. The van der Waals surface area contributed by atoms with Crippen LogP contribution in [0.3, 0.4) is 0 Å². The van der Waals surface area contributed by atoms with Crippen LogP contribution in [0, 0.1) is 46.3 Å². The molecule has 0 amide bonds. The summed E-state index contributed by atoms with van der Waals surface area (Å²) in [7, 11) is -2.71. The Morgan fingerprint density at radius 3 is 1.81 bits per heavy atom. The second-order valence-electron chi connectivity index (χ2n) is 17.6. The summed E-state index contributed by atoms with van der Waals surface area (Å²) in [6, 6.07) is 33.7. The number of thiol groups is 1. The molecule has 7 rings (SSSR count). The van der Waals surface area contributed by atoms with Gasteiger partial charge in [0.05, 0.1) is 0 Å². The molecule has 4 aliphatic rings. The Morgan fingerprint density at radius 1 is 0.688 bits per heavy atom. The van der Waals surface area contributed by atoms with Crippen LogP contribution in [0.15, 0.2) is 91.0 Å². The van der Waals surface area contributed by atoms with Gasteiger partial charge in [-0.25, -0.2) is 0 Å². The van der Waals surface area contributed by atoms with Crippen LogP contribution >= 0.6 is 12.6 Å². The van der Waals surface area contributed by atoms with Crippen molar-refractivity contribution in [3.05, 3.63) is 91.0 Å². The lowest BCUT2D eigenvalue weighted by molar-refractivity contribution is -0.124. The number of benzene rings is 3. The van der Waals surface area contributed by atoms with Gasteiger partial charge < -0.3 is 4.43 Å². The van der Waals surface area contributed by atoms with Crippen molar-refractivity contribution in [2.75, 3.05) is 0 Å². The second-order valence-corrected chi connectivity index (χ2v) is 21.7. The SMILES string of the molecule is CC(C)CCC[C@@H](C)[C@@]1(S)CC[C@H]2[C@@H]3CC[C@H]4C[C@H](O[Si](c5ccccc5)(c5ccccc5)c5ccccc5)CC[C@]4(C)[C@H]3CC[C@@]21C. The lowest BCUT2D eigenvalue weighted by Gasteiger charge is -2.62. The fraction of sp³-hybridized carbons (Fsp3) is 0.600. The first-order valence-corrected chi connectivity index (χ1v) is 22.0. The zero-order chi connectivity index (χ0) is 33.6. The van der Waals surface area contributed by atoms with Crippen molar-refractivity contribution in [1.82, 2.24) is 0 Å². The Morgan fingerprint density at radius 2 is 1.25 bits per heavy atom. The molecular weight excluding hydrogens is 617 g/mol. The fourth-order valence-electron chi connectivity index (χ4n) is 12.2. The van der Waals surface area contributed by atoms with Gasteiger partial charge in [-0.3, -0.25) is 0 Å². The highest BCUT2D eigenvalue weighted by atomic mass is 32.1. The fourth-order valence-corrected chi connectivity index (χ4v) is 16.9. The average Bonchev–Trinajstić information content (AvgIpc) is 3.39. The third-order valence-corrected chi connectivity index (χ3v) is 20.3. The predicted octanol–water partition coefficient (Wildman–Crippen LogP) is 10.2. The summed E-state index contributed by atoms with van der Waals surface area (Å²) in [5.41, 5.74) is 0.815. The highest BCUT2D eigenvalue weighted by Crippen LogP contribution is 2.71. The van der Waals surface area contributed by atoms with Crippen LogP contribution < -0.4 is 15.6 Å². The van der Waals surface area contributed by atoms with Gasteiger partial charge in [-0.2, -0.15) is 12.6 Å². The van der Waals surface area contributed by atoms with Gasteiger partial charge in [0.1, 0.15) is 0 Å². The van der Waals surface area contributed by atoms with Crippen molar-refractivity contribution in [3.63, 3.8) is 0 Å². The van der Waals surface area contributed by atoms with Crippen molar-refractivity contribution >= 4 is 36.5 Å². The van der Waals surface area contributed by atoms with Crippen LogP contribution in [0.1, 0.15) is 112 Å². The third kappa shape index (κ3) is 5.80. The Kier molecular flexibility index (Phi) is 9.90. The van der Waals surface area contributed by atoms with E-state index in [1.807, 2.05) is 0 Å². The second kappa shape index (κ2) is 13.7. The van der Waals surface area contributed by atoms with Crippen LogP contribution in [-0.2, 0) is 4.43 Å². The molecule has 0 saturated heterocycles. The molecule has 258 valence electrons. The zero-order valence-electron chi connectivity index (χ0n) is 30.5. The summed E-state index contributed by atoms with van der Waals surface area (Å²) < 4.78 is 7.98. The Balaban J connectivity index is 1.12. The molecule has 0 radical (unpaired) electrons. The number of rotatable bonds is 10. The van der Waals surface area contributed by atoms with E-state index in [9.17, 15) is 0 Å². The first kappa shape index (κ1) is 34.6. The molecule has 3 aromatic rings. The van der Waals surface area contributed by atoms with Gasteiger partial charge in [-0.15, -0.1) is 0 Å². The molecule has 4 fully saturated rings. The van der Waals surface area contributed by atoms with Gasteiger partial charge >= 0.3 is 0 Å². The van der Waals surface area contributed by atoms with Gasteiger partial charge in [0.25, 0.3) is 8.32 Å². The largest absolute Gasteiger partial charge is 0.401 e. The lowest BCUT2D eigenvalue weighted by atomic mass is 9.44. The minimum atomic E-state index is -2.71. The number of hydrogen-bond acceptors (Lipinski definition) is 2. The molecule has 3 aromatic carbocycles. The van der Waals surface area contributed by atoms with E-state index in [1.54, 1.807) is 0 Å². The monoisotopic (exact) mass is 678 g/mol. The molecule has 0 aromatic heterocycles. The highest BCUT2D eigenvalue weighted by Gasteiger charge is 2.65. The molecule has 1 nitrogen and oxygen atoms in total. The van der Waals surface area contributed by atoms with Crippen molar-refractivity contribution in [2.24, 2.45) is 46.3 Å². The van der Waals surface area contributed by atoms with E-state index in [0.29, 0.717) is 22.9 Å². The van der Waals surface area contributed by atoms with E-state index in [0.717, 1.165) is 29.6 Å². The van der Waals surface area contributed by atoms with Gasteiger partial charge in [-0.05, 0) is 126 Å². The molecule has 3 heteroatoms. The van der Waals surface area contributed by atoms with Crippen LogP contribution in [-0.4, -0.2) is 19.2 Å². The average molecular weight is 679 g/mol. The molecule has 0 heterocycles. The maximum Gasteiger partial charge on any atom is 0.288 e. The van der Waals surface area contributed by atoms with Crippen LogP contribution in [0.5, 0.6) is 0 Å². The van der Waals surface area contributed by atoms with E-state index < -0.39 is 8.32 Å². The van der Waals surface area contributed by atoms with Crippen LogP contribution in [0.25, 0.3) is 0 Å². The standard InChI is InChI=1S/C45H62OSSi/c1-33(2)16-15-17-34(3)45(47)31-28-42-40-25-24-35-32-36(26-29-43(35,4)41(40)27-30-44(42,45)5)46-48(37-18-9-6-10-19-37,38-20-11-7-12-21-38)39-22-13-8-14-23-39/h6-14,18-23,33-36,40-42,47H,15-17,24-32H2,1-5H3/t34-,35+,36-,40-,41+,42+,43+,44+,45+/m1/s1. The number of fused-ring (bicyclic) bond motifs is 5. The molecule has 0 aliphatic heterocycles. The van der Waals surface area contributed by atoms with E-state index in [-0.39, 0.29) is 4.75 Å². The smallest absolute Gasteiger partial charge is 0.288 e. The zero-order valence-corrected chi connectivity index (χ0v) is 32.4. The number of hydrogen-bond donors (Lipinski definition) is 1. The van der Waals surface area contributed by atoms with E-state index in [2.05, 4.69) is 126 Å². The Labute approximate surface area is 299 Å². The normalized spacial score (nSPS) is 35.4. The molecule has 4 aliphatic carbocycles. The molecule has 0 bridgehead atoms. The summed E-state index contributed by atoms with van der Waals surface area (Å²) in [4.78, 5) is 0. The van der Waals surface area contributed by atoms with Crippen molar-refractivity contribution < 1.29 is 4.43 Å². The lowest BCUT2D eigenvalue weighted by Crippen LogP contribution is -2.70. The van der Waals surface area contributed by atoms with Crippen LogP contribution in [0.4, 0.5) is 0 Å². The molecular formula is C45H62OSSi. The van der Waals surface area contributed by atoms with E-state index in [1.165, 1.54) is 92.6 Å². The summed E-state index contributed by atoms with van der Waals surface area (Å²) in [5, 5.41) is 4.09. The molecule has 0 spiro atoms. The first-order chi connectivity index (χ1) is 23.1. The molecule has 48 heavy (non-hydrogen) atoms. The summed E-state index contributed by atoms with van der Waals surface area (Å²) >= 11 is 5.71. The van der Waals surface area contributed by atoms with E-state index in [4.69, 9.17) is 17.1 Å². The Hall–Kier alpha value is -1.81. The topological polar surface area (TPSA) is 9.23 Å². The quantitative estimate of drug-likeness (QED) is 0.128. The van der Waals surface area contributed by atoms with Crippen molar-refractivity contribution in [3.8, 4) is 0 Å². The van der Waals surface area contributed by atoms with Crippen molar-refractivity contribution in [1.29, 1.82) is 0 Å². The molecule has 0 unspecified atom stereocenters. The minimum absolute atomic E-state index is 0.198. The van der Waals surface area contributed by atoms with Gasteiger partial charge in [-0.1, -0.05) is 138 Å². The van der Waals surface area contributed by atoms with E-state index >= 15 is 0 Å². The maximum absolute atomic E-state index is 7.78. The summed E-state index contributed by atoms with van der Waals surface area (Å²) in [6.07, 6.45) is 16.4. The van der Waals surface area contributed by atoms with Gasteiger partial charge in [0, 0.05) is 10.9 Å². The summed E-state index contributed by atoms with van der Waals surface area (Å²) in [5.74, 6) is 4.86. The van der Waals surface area contributed by atoms with Crippen molar-refractivity contribution in [2.45, 2.75) is 123 Å². The maximum atomic E-state index is 7.78. The molecule has 0 N–H and O–H groups in total. The Bertz CT molecular complexity index is 1400. The third-order valence-electron chi connectivity index (χ3n) is 15.0. The first-order valence-electron chi connectivity index (χ1n) is 19.7. The summed E-state index contributed by atoms with van der Waals surface area (Å²) in [6.45, 7) is 12.7. The van der Waals surface area contributed by atoms with Gasteiger partial charge in [0.2, 0.25) is 0 Å². The van der Waals surface area contributed by atoms with Gasteiger partial charge in [0.15, 0.2) is 0 Å². The molecule has 9 atom stereocenters. The molecule has 4 saturated carbocycles.